The van der Waals surface area contributed by atoms with Gasteiger partial charge in [0.25, 0.3) is 5.91 Å². The van der Waals surface area contributed by atoms with Crippen molar-refractivity contribution in [3.05, 3.63) is 59.7 Å². The molecule has 2 fully saturated rings. The molecule has 0 atom stereocenters. The second kappa shape index (κ2) is 10.8. The minimum absolute atomic E-state index is 0.183. The van der Waals surface area contributed by atoms with Crippen LogP contribution in [0.15, 0.2) is 53.4 Å². The zero-order chi connectivity index (χ0) is 23.3. The van der Waals surface area contributed by atoms with Crippen molar-refractivity contribution in [2.45, 2.75) is 68.8 Å². The first-order chi connectivity index (χ1) is 15.9. The normalized spacial score (nSPS) is 18.4. The standard InChI is InChI=1S/C26H35N3O3S/c1-28(23-13-4-2-5-14-23)20-22-11-6-7-16-25(22)27-26(30)21-12-10-15-24(19-21)33(31,32)29-17-8-3-9-18-29/h6-7,10-12,15-16,19,23H,2-5,8-9,13-14,17-18,20H2,1H3,(H,27,30). The average molecular weight is 470 g/mol. The quantitative estimate of drug-likeness (QED) is 0.628. The average Bonchev–Trinajstić information content (AvgIpc) is 2.86. The Bertz CT molecular complexity index is 1060. The summed E-state index contributed by atoms with van der Waals surface area (Å²) < 4.78 is 27.6. The maximum absolute atomic E-state index is 13.1. The van der Waals surface area contributed by atoms with Crippen molar-refractivity contribution < 1.29 is 13.2 Å². The molecule has 1 heterocycles. The maximum atomic E-state index is 13.1. The number of carbonyl (C=O) groups excluding carboxylic acids is 1. The molecule has 0 bridgehead atoms. The third kappa shape index (κ3) is 5.83. The summed E-state index contributed by atoms with van der Waals surface area (Å²) in [5, 5.41) is 3.02. The van der Waals surface area contributed by atoms with E-state index in [2.05, 4.69) is 17.3 Å². The van der Waals surface area contributed by atoms with Crippen LogP contribution in [-0.4, -0.2) is 49.7 Å². The van der Waals surface area contributed by atoms with Crippen molar-refractivity contribution in [3.63, 3.8) is 0 Å². The second-order valence-electron chi connectivity index (χ2n) is 9.31. The van der Waals surface area contributed by atoms with E-state index in [-0.39, 0.29) is 10.8 Å². The highest BCUT2D eigenvalue weighted by molar-refractivity contribution is 7.89. The van der Waals surface area contributed by atoms with Crippen LogP contribution < -0.4 is 5.32 Å². The molecule has 1 aliphatic carbocycles. The van der Waals surface area contributed by atoms with Crippen LogP contribution in [0.4, 0.5) is 5.69 Å². The first-order valence-electron chi connectivity index (χ1n) is 12.1. The van der Waals surface area contributed by atoms with E-state index in [0.717, 1.165) is 37.1 Å². The molecule has 4 rings (SSSR count). The topological polar surface area (TPSA) is 69.7 Å². The van der Waals surface area contributed by atoms with Crippen molar-refractivity contribution in [2.24, 2.45) is 0 Å². The van der Waals surface area contributed by atoms with Gasteiger partial charge < -0.3 is 5.32 Å². The molecule has 2 aliphatic rings. The van der Waals surface area contributed by atoms with Gasteiger partial charge in [0.05, 0.1) is 4.90 Å². The molecule has 1 N–H and O–H groups in total. The summed E-state index contributed by atoms with van der Waals surface area (Å²) >= 11 is 0. The highest BCUT2D eigenvalue weighted by Gasteiger charge is 2.26. The van der Waals surface area contributed by atoms with Crippen LogP contribution in [0.25, 0.3) is 0 Å². The Kier molecular flexibility index (Phi) is 7.83. The Morgan fingerprint density at radius 1 is 0.970 bits per heavy atom. The van der Waals surface area contributed by atoms with Gasteiger partial charge in [-0.05, 0) is 62.6 Å². The molecular weight excluding hydrogens is 434 g/mol. The number of rotatable bonds is 7. The molecule has 1 amide bonds. The minimum Gasteiger partial charge on any atom is -0.322 e. The molecule has 33 heavy (non-hydrogen) atoms. The van der Waals surface area contributed by atoms with E-state index in [9.17, 15) is 13.2 Å². The number of amides is 1. The highest BCUT2D eigenvalue weighted by Crippen LogP contribution is 2.26. The van der Waals surface area contributed by atoms with Crippen LogP contribution in [0, 0.1) is 0 Å². The number of carbonyl (C=O) groups is 1. The van der Waals surface area contributed by atoms with Gasteiger partial charge in [-0.2, -0.15) is 4.31 Å². The molecule has 0 radical (unpaired) electrons. The number of anilines is 1. The van der Waals surface area contributed by atoms with Crippen LogP contribution in [0.5, 0.6) is 0 Å². The molecule has 178 valence electrons. The number of sulfonamides is 1. The van der Waals surface area contributed by atoms with Crippen molar-refractivity contribution in [2.75, 3.05) is 25.5 Å². The van der Waals surface area contributed by atoms with E-state index < -0.39 is 10.0 Å². The Balaban J connectivity index is 1.48. The zero-order valence-electron chi connectivity index (χ0n) is 19.5. The van der Waals surface area contributed by atoms with Gasteiger partial charge in [-0.1, -0.05) is 49.9 Å². The highest BCUT2D eigenvalue weighted by atomic mass is 32.2. The number of benzene rings is 2. The monoisotopic (exact) mass is 469 g/mol. The molecular formula is C26H35N3O3S. The fourth-order valence-corrected chi connectivity index (χ4v) is 6.51. The zero-order valence-corrected chi connectivity index (χ0v) is 20.3. The van der Waals surface area contributed by atoms with Gasteiger partial charge in [0.2, 0.25) is 10.0 Å². The predicted octanol–water partition coefficient (Wildman–Crippen LogP) is 4.88. The van der Waals surface area contributed by atoms with Gasteiger partial charge in [-0.3, -0.25) is 9.69 Å². The summed E-state index contributed by atoms with van der Waals surface area (Å²) in [5.41, 5.74) is 2.19. The number of para-hydroxylation sites is 1. The summed E-state index contributed by atoms with van der Waals surface area (Å²) in [6.45, 7) is 1.85. The molecule has 0 aromatic heterocycles. The van der Waals surface area contributed by atoms with Gasteiger partial charge in [-0.15, -0.1) is 0 Å². The second-order valence-corrected chi connectivity index (χ2v) is 11.2. The molecule has 0 spiro atoms. The predicted molar refractivity (Wildman–Crippen MR) is 132 cm³/mol. The molecule has 7 heteroatoms. The third-order valence-corrected chi connectivity index (χ3v) is 8.83. The van der Waals surface area contributed by atoms with Gasteiger partial charge >= 0.3 is 0 Å². The first kappa shape index (κ1) is 23.9. The van der Waals surface area contributed by atoms with Crippen molar-refractivity contribution in [1.82, 2.24) is 9.21 Å². The number of piperidine rings is 1. The maximum Gasteiger partial charge on any atom is 0.255 e. The van der Waals surface area contributed by atoms with Crippen LogP contribution in [-0.2, 0) is 16.6 Å². The number of nitrogens with one attached hydrogen (secondary N) is 1. The Morgan fingerprint density at radius 2 is 1.67 bits per heavy atom. The van der Waals surface area contributed by atoms with Crippen molar-refractivity contribution in [1.29, 1.82) is 0 Å². The lowest BCUT2D eigenvalue weighted by Crippen LogP contribution is -2.35. The first-order valence-corrected chi connectivity index (χ1v) is 13.6. The third-order valence-electron chi connectivity index (χ3n) is 6.93. The SMILES string of the molecule is CN(Cc1ccccc1NC(=O)c1cccc(S(=O)(=O)N2CCCCC2)c1)C1CCCCC1. The fourth-order valence-electron chi connectivity index (χ4n) is 4.95. The van der Waals surface area contributed by atoms with Crippen LogP contribution >= 0.6 is 0 Å². The van der Waals surface area contributed by atoms with E-state index in [1.807, 2.05) is 24.3 Å². The molecule has 0 unspecified atom stereocenters. The lowest BCUT2D eigenvalue weighted by molar-refractivity contribution is 0.102. The largest absolute Gasteiger partial charge is 0.322 e. The number of nitrogens with zero attached hydrogens (tertiary/aromatic N) is 2. The molecule has 6 nitrogen and oxygen atoms in total. The lowest BCUT2D eigenvalue weighted by Gasteiger charge is -2.31. The summed E-state index contributed by atoms with van der Waals surface area (Å²) in [6.07, 6.45) is 9.16. The summed E-state index contributed by atoms with van der Waals surface area (Å²) in [6, 6.07) is 14.8. The minimum atomic E-state index is -3.58. The van der Waals surface area contributed by atoms with E-state index in [4.69, 9.17) is 0 Å². The molecule has 2 aromatic rings. The molecule has 1 aliphatic heterocycles. The van der Waals surface area contributed by atoms with E-state index >= 15 is 0 Å². The Hall–Kier alpha value is -2.22. The van der Waals surface area contributed by atoms with E-state index in [0.29, 0.717) is 24.7 Å². The van der Waals surface area contributed by atoms with Crippen molar-refractivity contribution in [3.8, 4) is 0 Å². The van der Waals surface area contributed by atoms with Crippen LogP contribution in [0.2, 0.25) is 0 Å². The van der Waals surface area contributed by atoms with Crippen LogP contribution in [0.3, 0.4) is 0 Å². The number of hydrogen-bond donors (Lipinski definition) is 1. The summed E-state index contributed by atoms with van der Waals surface area (Å²) in [5.74, 6) is -0.293. The fraction of sp³-hybridized carbons (Fsp3) is 0.500. The smallest absolute Gasteiger partial charge is 0.255 e. The van der Waals surface area contributed by atoms with E-state index in [1.54, 1.807) is 18.2 Å². The van der Waals surface area contributed by atoms with Crippen LogP contribution in [0.1, 0.15) is 67.3 Å². The van der Waals surface area contributed by atoms with Gasteiger partial charge in [-0.25, -0.2) is 8.42 Å². The lowest BCUT2D eigenvalue weighted by atomic mass is 9.94. The van der Waals surface area contributed by atoms with E-state index in [1.165, 1.54) is 42.5 Å². The summed E-state index contributed by atoms with van der Waals surface area (Å²) in [4.78, 5) is 15.6. The molecule has 2 aromatic carbocycles. The Labute approximate surface area is 198 Å². The van der Waals surface area contributed by atoms with Gasteiger partial charge in [0, 0.05) is 36.9 Å². The van der Waals surface area contributed by atoms with Gasteiger partial charge in [0.15, 0.2) is 0 Å². The van der Waals surface area contributed by atoms with Gasteiger partial charge in [0.1, 0.15) is 0 Å². The molecule has 1 saturated heterocycles. The summed E-state index contributed by atoms with van der Waals surface area (Å²) in [7, 11) is -1.42. The molecule has 1 saturated carbocycles. The number of hydrogen-bond acceptors (Lipinski definition) is 4. The van der Waals surface area contributed by atoms with Crippen molar-refractivity contribution >= 4 is 21.6 Å². The Morgan fingerprint density at radius 3 is 2.42 bits per heavy atom.